The number of carbonyl (C=O) groups is 2. The third-order valence-electron chi connectivity index (χ3n) is 10.1. The van der Waals surface area contributed by atoms with Crippen LogP contribution in [0.3, 0.4) is 0 Å². The molecule has 5 aromatic rings. The van der Waals surface area contributed by atoms with E-state index in [2.05, 4.69) is 9.97 Å². The molecule has 1 aromatic carbocycles. The van der Waals surface area contributed by atoms with Crippen LogP contribution in [0.5, 0.6) is 5.88 Å². The lowest BCUT2D eigenvalue weighted by molar-refractivity contribution is -0.142. The molecular formula is C37H40N6O5S. The van der Waals surface area contributed by atoms with E-state index in [0.29, 0.717) is 67.2 Å². The average Bonchev–Trinajstić information content (AvgIpc) is 3.71. The number of ether oxygens (including phenoxy) is 1. The summed E-state index contributed by atoms with van der Waals surface area (Å²) < 4.78 is 8.47. The molecule has 0 unspecified atom stereocenters. The van der Waals surface area contributed by atoms with Crippen LogP contribution in [0.4, 0.5) is 0 Å². The topological polar surface area (TPSA) is 123 Å². The van der Waals surface area contributed by atoms with Gasteiger partial charge in [-0.25, -0.2) is 9.97 Å². The number of thiophene rings is 1. The lowest BCUT2D eigenvalue weighted by Crippen LogP contribution is -2.53. The van der Waals surface area contributed by atoms with E-state index in [4.69, 9.17) is 4.74 Å². The smallest absolute Gasteiger partial charge is 0.263 e. The number of aliphatic hydroxyl groups is 1. The lowest BCUT2D eigenvalue weighted by atomic mass is 9.79. The van der Waals surface area contributed by atoms with Crippen molar-refractivity contribution in [2.24, 2.45) is 13.0 Å². The summed E-state index contributed by atoms with van der Waals surface area (Å²) in [5, 5.41) is 12.0. The van der Waals surface area contributed by atoms with Crippen molar-refractivity contribution in [2.75, 3.05) is 33.3 Å². The fraction of sp³-hybridized carbons (Fsp3) is 0.378. The minimum atomic E-state index is -1.13. The fourth-order valence-corrected chi connectivity index (χ4v) is 8.41. The Morgan fingerprint density at radius 1 is 1.04 bits per heavy atom. The minimum absolute atomic E-state index is 0.0332. The van der Waals surface area contributed by atoms with Crippen molar-refractivity contribution in [3.05, 3.63) is 99.7 Å². The van der Waals surface area contributed by atoms with Crippen molar-refractivity contribution in [1.82, 2.24) is 28.9 Å². The Kier molecular flexibility index (Phi) is 8.84. The molecule has 49 heavy (non-hydrogen) atoms. The van der Waals surface area contributed by atoms with Crippen LogP contribution in [0.15, 0.2) is 78.1 Å². The Balaban J connectivity index is 1.04. The van der Waals surface area contributed by atoms with Crippen molar-refractivity contribution in [3.63, 3.8) is 0 Å². The summed E-state index contributed by atoms with van der Waals surface area (Å²) in [6.07, 6.45) is 6.31. The zero-order valence-electron chi connectivity index (χ0n) is 27.9. The maximum Gasteiger partial charge on any atom is 0.263 e. The number of aromatic nitrogens is 4. The minimum Gasteiger partial charge on any atom is -0.481 e. The highest BCUT2D eigenvalue weighted by atomic mass is 32.1. The molecule has 4 aromatic heterocycles. The summed E-state index contributed by atoms with van der Waals surface area (Å²) in [6.45, 7) is 3.82. The molecule has 254 valence electrons. The van der Waals surface area contributed by atoms with Gasteiger partial charge in [0.25, 0.3) is 11.5 Å². The number of nitrogens with zero attached hydrogens (tertiary/aromatic N) is 6. The van der Waals surface area contributed by atoms with Gasteiger partial charge in [-0.15, -0.1) is 11.3 Å². The largest absolute Gasteiger partial charge is 0.481 e. The molecule has 0 radical (unpaired) electrons. The number of benzene rings is 1. The Hall–Kier alpha value is -4.81. The first-order chi connectivity index (χ1) is 23.6. The maximum absolute atomic E-state index is 14.2. The highest BCUT2D eigenvalue weighted by Gasteiger charge is 2.42. The van der Waals surface area contributed by atoms with Gasteiger partial charge >= 0.3 is 0 Å². The van der Waals surface area contributed by atoms with Gasteiger partial charge in [0.05, 0.1) is 29.5 Å². The third kappa shape index (κ3) is 6.38. The second kappa shape index (κ2) is 13.2. The van der Waals surface area contributed by atoms with Crippen LogP contribution in [-0.2, 0) is 18.4 Å². The molecule has 2 saturated heterocycles. The van der Waals surface area contributed by atoms with Crippen molar-refractivity contribution in [2.45, 2.75) is 44.2 Å². The van der Waals surface area contributed by atoms with E-state index >= 15 is 0 Å². The summed E-state index contributed by atoms with van der Waals surface area (Å²) in [5.41, 5.74) is 2.27. The van der Waals surface area contributed by atoms with Gasteiger partial charge in [0.15, 0.2) is 0 Å². The van der Waals surface area contributed by atoms with Crippen LogP contribution in [0.2, 0.25) is 0 Å². The number of fused-ring (bicyclic) bond motifs is 1. The van der Waals surface area contributed by atoms with Gasteiger partial charge in [0.1, 0.15) is 12.0 Å². The van der Waals surface area contributed by atoms with Gasteiger partial charge in [-0.3, -0.25) is 19.0 Å². The molecular weight excluding hydrogens is 641 g/mol. The van der Waals surface area contributed by atoms with Crippen LogP contribution in [0.25, 0.3) is 21.5 Å². The number of hydrogen-bond donors (Lipinski definition) is 1. The average molecular weight is 681 g/mol. The van der Waals surface area contributed by atoms with Gasteiger partial charge in [-0.2, -0.15) is 0 Å². The molecule has 2 fully saturated rings. The van der Waals surface area contributed by atoms with Crippen molar-refractivity contribution in [1.29, 1.82) is 0 Å². The third-order valence-corrected chi connectivity index (χ3v) is 11.4. The Bertz CT molecular complexity index is 2050. The van der Waals surface area contributed by atoms with Crippen molar-refractivity contribution >= 4 is 34.2 Å². The number of likely N-dealkylation sites (tertiary alicyclic amines) is 2. The number of methoxy groups -OCH3 is 1. The Labute approximate surface area is 288 Å². The first-order valence-corrected chi connectivity index (χ1v) is 17.4. The van der Waals surface area contributed by atoms with E-state index in [0.717, 1.165) is 21.6 Å². The second-order valence-corrected chi connectivity index (χ2v) is 14.3. The quantitative estimate of drug-likeness (QED) is 0.269. The lowest BCUT2D eigenvalue weighted by Gasteiger charge is -2.43. The summed E-state index contributed by atoms with van der Waals surface area (Å²) in [5.74, 6) is 0.0916. The van der Waals surface area contributed by atoms with Crippen LogP contribution in [0, 0.1) is 12.8 Å². The number of pyridine rings is 1. The number of piperidine rings is 2. The second-order valence-electron chi connectivity index (χ2n) is 13.3. The SMILES string of the molecule is COc1ccc(-c2sc(C(=O)N3CC[C@@H](C(=O)N4CCC(O)(Cn5cnc6c(ccn6C)c5=O)CC4)[C@H](c4ccccc4)C3)cc2C)cn1. The van der Waals surface area contributed by atoms with Crippen LogP contribution in [-0.4, -0.2) is 84.7 Å². The van der Waals surface area contributed by atoms with Gasteiger partial charge in [-0.1, -0.05) is 30.3 Å². The molecule has 6 heterocycles. The molecule has 0 spiro atoms. The van der Waals surface area contributed by atoms with Crippen LogP contribution < -0.4 is 10.3 Å². The molecule has 1 N–H and O–H groups in total. The van der Waals surface area contributed by atoms with Crippen molar-refractivity contribution < 1.29 is 19.4 Å². The predicted octanol–water partition coefficient (Wildman–Crippen LogP) is 4.48. The summed E-state index contributed by atoms with van der Waals surface area (Å²) >= 11 is 1.46. The highest BCUT2D eigenvalue weighted by molar-refractivity contribution is 7.17. The monoisotopic (exact) mass is 680 g/mol. The van der Waals surface area contributed by atoms with Crippen LogP contribution in [0.1, 0.15) is 46.0 Å². The standard InChI is InChI=1S/C37H40N6O5S/c1-24-19-30(49-32(24)26-9-10-31(48-3)38-20-26)36(46)42-16-12-27(29(21-42)25-7-5-4-6-8-25)34(44)41-17-13-37(47,14-18-41)22-43-23-39-33-28(35(43)45)11-15-40(33)2/h4-11,15,19-20,23,27,29,47H,12-14,16-18,21-22H2,1-3H3/t27-,29+/m1/s1. The van der Waals surface area contributed by atoms with Gasteiger partial charge in [0.2, 0.25) is 11.8 Å². The normalized spacial score (nSPS) is 19.3. The first kappa shape index (κ1) is 32.7. The summed E-state index contributed by atoms with van der Waals surface area (Å²) in [4.78, 5) is 55.3. The molecule has 2 aliphatic heterocycles. The molecule has 12 heteroatoms. The zero-order valence-corrected chi connectivity index (χ0v) is 28.7. The first-order valence-electron chi connectivity index (χ1n) is 16.6. The van der Waals surface area contributed by atoms with E-state index in [1.807, 2.05) is 72.3 Å². The number of rotatable bonds is 7. The van der Waals surface area contributed by atoms with E-state index in [-0.39, 0.29) is 35.8 Å². The highest BCUT2D eigenvalue weighted by Crippen LogP contribution is 2.38. The van der Waals surface area contributed by atoms with Gasteiger partial charge in [0, 0.05) is 74.0 Å². The molecule has 2 atom stereocenters. The van der Waals surface area contributed by atoms with Crippen LogP contribution >= 0.6 is 11.3 Å². The maximum atomic E-state index is 14.2. The molecule has 0 aliphatic carbocycles. The predicted molar refractivity (Wildman–Crippen MR) is 188 cm³/mol. The Morgan fingerprint density at radius 3 is 2.53 bits per heavy atom. The molecule has 11 nitrogen and oxygen atoms in total. The van der Waals surface area contributed by atoms with E-state index < -0.39 is 5.60 Å². The molecule has 2 amide bonds. The number of amides is 2. The summed E-state index contributed by atoms with van der Waals surface area (Å²) in [6, 6.07) is 17.4. The Morgan fingerprint density at radius 2 is 1.82 bits per heavy atom. The molecule has 2 aliphatic rings. The number of carbonyl (C=O) groups excluding carboxylic acids is 2. The number of hydrogen-bond acceptors (Lipinski definition) is 8. The summed E-state index contributed by atoms with van der Waals surface area (Å²) in [7, 11) is 3.42. The molecule has 0 saturated carbocycles. The van der Waals surface area contributed by atoms with E-state index in [1.54, 1.807) is 30.1 Å². The fourth-order valence-electron chi connectivity index (χ4n) is 7.28. The zero-order chi connectivity index (χ0) is 34.3. The number of aryl methyl sites for hydroxylation is 2. The van der Waals surface area contributed by atoms with Crippen molar-refractivity contribution in [3.8, 4) is 16.3 Å². The van der Waals surface area contributed by atoms with Gasteiger partial charge < -0.3 is 24.2 Å². The molecule has 7 rings (SSSR count). The van der Waals surface area contributed by atoms with E-state index in [1.165, 1.54) is 22.2 Å². The molecule has 0 bridgehead atoms. The van der Waals surface area contributed by atoms with E-state index in [9.17, 15) is 19.5 Å². The van der Waals surface area contributed by atoms with Gasteiger partial charge in [-0.05, 0) is 55.5 Å².